The molecule has 0 amide bonds. The van der Waals surface area contributed by atoms with Crippen LogP contribution >= 0.6 is 7.60 Å². The first-order valence-electron chi connectivity index (χ1n) is 12.5. The lowest BCUT2D eigenvalue weighted by atomic mass is 10.1. The van der Waals surface area contributed by atoms with Gasteiger partial charge in [0.05, 0.1) is 12.8 Å². The van der Waals surface area contributed by atoms with Crippen LogP contribution in [0.25, 0.3) is 0 Å². The molecule has 8 heteroatoms. The fourth-order valence-corrected chi connectivity index (χ4v) is 3.60. The van der Waals surface area contributed by atoms with Crippen LogP contribution < -0.4 is 10.6 Å². The maximum atomic E-state index is 10.1. The molecule has 0 spiro atoms. The highest BCUT2D eigenvalue weighted by molar-refractivity contribution is 7.51. The molecule has 0 aliphatic rings. The first-order chi connectivity index (χ1) is 14.8. The molecule has 0 radical (unpaired) electrons. The first kappa shape index (κ1) is 32.7. The Morgan fingerprint density at radius 1 is 0.645 bits per heavy atom. The minimum absolute atomic E-state index is 0.439. The molecule has 0 rings (SSSR count). The second-order valence-corrected chi connectivity index (χ2v) is 9.99. The van der Waals surface area contributed by atoms with E-state index in [1.807, 2.05) is 0 Å². The van der Waals surface area contributed by atoms with E-state index in [2.05, 4.69) is 24.5 Å². The van der Waals surface area contributed by atoms with Gasteiger partial charge in [0.25, 0.3) is 0 Å². The van der Waals surface area contributed by atoms with Crippen LogP contribution in [0.1, 0.15) is 117 Å². The zero-order chi connectivity index (χ0) is 23.6. The Labute approximate surface area is 191 Å². The third-order valence-corrected chi connectivity index (χ3v) is 5.64. The molecule has 0 atom stereocenters. The van der Waals surface area contributed by atoms with Gasteiger partial charge in [-0.3, -0.25) is 14.7 Å². The van der Waals surface area contributed by atoms with E-state index in [-0.39, 0.29) is 0 Å². The van der Waals surface area contributed by atoms with Crippen LogP contribution in [0.15, 0.2) is 0 Å². The summed E-state index contributed by atoms with van der Waals surface area (Å²) in [6, 6.07) is 0. The van der Waals surface area contributed by atoms with E-state index in [0.717, 1.165) is 0 Å². The Morgan fingerprint density at radius 3 is 1.32 bits per heavy atom. The van der Waals surface area contributed by atoms with Gasteiger partial charge in [0.2, 0.25) is 0 Å². The second-order valence-electron chi connectivity index (χ2n) is 8.34. The topological polar surface area (TPSA) is 119 Å². The first-order valence-corrected chi connectivity index (χ1v) is 14.3. The molecule has 0 aromatic carbocycles. The van der Waals surface area contributed by atoms with Crippen LogP contribution in [0, 0.1) is 0 Å². The smallest absolute Gasteiger partial charge is 0.339 e. The van der Waals surface area contributed by atoms with E-state index >= 15 is 0 Å². The zero-order valence-corrected chi connectivity index (χ0v) is 21.1. The van der Waals surface area contributed by atoms with Crippen molar-refractivity contribution in [3.63, 3.8) is 0 Å². The summed E-state index contributed by atoms with van der Waals surface area (Å²) in [6.07, 6.45) is 22.2. The molecule has 7 nitrogen and oxygen atoms in total. The predicted octanol–water partition coefficient (Wildman–Crippen LogP) is 5.65. The van der Waals surface area contributed by atoms with Crippen molar-refractivity contribution in [2.24, 2.45) is 0 Å². The van der Waals surface area contributed by atoms with Gasteiger partial charge in [-0.1, -0.05) is 104 Å². The van der Waals surface area contributed by atoms with E-state index in [1.54, 1.807) is 0 Å². The van der Waals surface area contributed by atoms with E-state index in [1.165, 1.54) is 116 Å². The zero-order valence-electron chi connectivity index (χ0n) is 20.2. The highest BCUT2D eigenvalue weighted by atomic mass is 31.2. The van der Waals surface area contributed by atoms with Crippen molar-refractivity contribution in [2.45, 2.75) is 117 Å². The van der Waals surface area contributed by atoms with Crippen LogP contribution in [0.5, 0.6) is 0 Å². The van der Waals surface area contributed by atoms with Gasteiger partial charge in [0.1, 0.15) is 0 Å². The monoisotopic (exact) mass is 466 g/mol. The Bertz CT molecular complexity index is 401. The maximum absolute atomic E-state index is 10.1. The van der Waals surface area contributed by atoms with Crippen molar-refractivity contribution in [3.05, 3.63) is 0 Å². The Morgan fingerprint density at radius 2 is 1.00 bits per heavy atom. The molecule has 5 N–H and O–H groups in total. The summed E-state index contributed by atoms with van der Waals surface area (Å²) in [6.45, 7) is 6.62. The van der Waals surface area contributed by atoms with E-state index in [9.17, 15) is 9.36 Å². The summed E-state index contributed by atoms with van der Waals surface area (Å²) < 4.78 is 10.1. The number of carbonyl (C=O) groups is 1. The summed E-state index contributed by atoms with van der Waals surface area (Å²) in [5, 5.41) is 13.7. The average molecular weight is 467 g/mol. The van der Waals surface area contributed by atoms with Crippen LogP contribution in [-0.2, 0) is 9.36 Å². The molecule has 0 aliphatic heterocycles. The summed E-state index contributed by atoms with van der Waals surface area (Å²) in [4.78, 5) is 26.1. The van der Waals surface area contributed by atoms with Crippen LogP contribution in [0.2, 0.25) is 0 Å². The lowest BCUT2D eigenvalue weighted by molar-refractivity contribution is -0.135. The number of carboxylic acids is 1. The van der Waals surface area contributed by atoms with Gasteiger partial charge in [0, 0.05) is 0 Å². The van der Waals surface area contributed by atoms with Gasteiger partial charge in [-0.05, 0) is 25.9 Å². The highest BCUT2D eigenvalue weighted by Crippen LogP contribution is 2.31. The van der Waals surface area contributed by atoms with Crippen molar-refractivity contribution in [1.29, 1.82) is 0 Å². The van der Waals surface area contributed by atoms with Gasteiger partial charge in [-0.15, -0.1) is 0 Å². The minimum Gasteiger partial charge on any atom is -0.480 e. The van der Waals surface area contributed by atoms with E-state index < -0.39 is 26.4 Å². The van der Waals surface area contributed by atoms with Gasteiger partial charge < -0.3 is 20.2 Å². The highest BCUT2D eigenvalue weighted by Gasteiger charge is 2.11. The average Bonchev–Trinajstić information content (AvgIpc) is 2.69. The molecule has 31 heavy (non-hydrogen) atoms. The third-order valence-electron chi connectivity index (χ3n) is 5.01. The molecule has 0 aromatic rings. The lowest BCUT2D eigenvalue weighted by Gasteiger charge is -2.05. The molecule has 0 saturated carbocycles. The van der Waals surface area contributed by atoms with Crippen molar-refractivity contribution in [3.8, 4) is 0 Å². The molecule has 188 valence electrons. The Kier molecular flexibility index (Phi) is 27.2. The summed E-state index contributed by atoms with van der Waals surface area (Å²) in [5.74, 6) is -1.14. The predicted molar refractivity (Wildman–Crippen MR) is 131 cm³/mol. The molecule has 0 aromatic heterocycles. The maximum Gasteiger partial charge on any atom is 0.339 e. The van der Waals surface area contributed by atoms with Crippen molar-refractivity contribution < 1.29 is 24.3 Å². The van der Waals surface area contributed by atoms with Gasteiger partial charge in [-0.2, -0.15) is 0 Å². The number of unbranched alkanes of at least 4 members (excludes halogenated alkanes) is 14. The summed E-state index contributed by atoms with van der Waals surface area (Å²) >= 11 is 0. The normalized spacial score (nSPS) is 11.2. The summed E-state index contributed by atoms with van der Waals surface area (Å²) in [5.41, 5.74) is 0. The van der Waals surface area contributed by atoms with Crippen molar-refractivity contribution >= 4 is 13.6 Å². The molecular weight excluding hydrogens is 415 g/mol. The molecule has 0 bridgehead atoms. The SMILES string of the molecule is CCCCCCCCCCNCCCCCCCCCC.O=C(O)CNCP(=O)(O)O. The quantitative estimate of drug-likeness (QED) is 0.103. The Balaban J connectivity index is 0. The fourth-order valence-electron chi connectivity index (χ4n) is 3.20. The van der Waals surface area contributed by atoms with Gasteiger partial charge in [0.15, 0.2) is 0 Å². The van der Waals surface area contributed by atoms with Crippen LogP contribution in [0.3, 0.4) is 0 Å². The number of rotatable bonds is 22. The standard InChI is InChI=1S/C20H43N.C3H8NO5P/c1-3-5-7-9-11-13-15-17-19-21-20-18-16-14-12-10-8-6-4-2;5-3(6)1-4-2-10(7,8)9/h21H,3-20H2,1-2H3;4H,1-2H2,(H,5,6)(H2,7,8,9). The number of nitrogens with one attached hydrogen (secondary N) is 2. The molecule has 0 fully saturated rings. The van der Waals surface area contributed by atoms with Gasteiger partial charge >= 0.3 is 13.6 Å². The van der Waals surface area contributed by atoms with Gasteiger partial charge in [-0.25, -0.2) is 0 Å². The largest absolute Gasteiger partial charge is 0.480 e. The fraction of sp³-hybridized carbons (Fsp3) is 0.957. The molecule has 0 saturated heterocycles. The number of hydrogen-bond donors (Lipinski definition) is 5. The van der Waals surface area contributed by atoms with Crippen molar-refractivity contribution in [2.75, 3.05) is 25.9 Å². The molecule has 0 unspecified atom stereocenters. The molecule has 0 heterocycles. The minimum atomic E-state index is -4.10. The molecule has 0 aliphatic carbocycles. The number of aliphatic carboxylic acids is 1. The summed E-state index contributed by atoms with van der Waals surface area (Å²) in [7, 11) is -4.10. The molecular formula is C23H51N2O5P. The number of carboxylic acid groups (broad SMARTS) is 1. The van der Waals surface area contributed by atoms with Crippen molar-refractivity contribution in [1.82, 2.24) is 10.6 Å². The van der Waals surface area contributed by atoms with Crippen LogP contribution in [-0.4, -0.2) is 46.8 Å². The van der Waals surface area contributed by atoms with Crippen LogP contribution in [0.4, 0.5) is 0 Å². The lowest BCUT2D eigenvalue weighted by Crippen LogP contribution is -2.23. The van der Waals surface area contributed by atoms with E-state index in [0.29, 0.717) is 0 Å². The number of hydrogen-bond acceptors (Lipinski definition) is 4. The van der Waals surface area contributed by atoms with E-state index in [4.69, 9.17) is 14.9 Å². The second kappa shape index (κ2) is 25.8. The third kappa shape index (κ3) is 37.2. The Hall–Kier alpha value is -0.460.